The van der Waals surface area contributed by atoms with Crippen LogP contribution in [0, 0.1) is 6.92 Å². The quantitative estimate of drug-likeness (QED) is 0.376. The zero-order valence-electron chi connectivity index (χ0n) is 15.8. The van der Waals surface area contributed by atoms with E-state index >= 15 is 0 Å². The summed E-state index contributed by atoms with van der Waals surface area (Å²) in [7, 11) is 0. The zero-order chi connectivity index (χ0) is 20.6. The molecule has 3 rings (SSSR count). The number of aromatic nitrogens is 2. The minimum absolute atomic E-state index is 0.110. The van der Waals surface area contributed by atoms with Gasteiger partial charge in [0.25, 0.3) is 5.56 Å². The average molecular weight is 428 g/mol. The topological polar surface area (TPSA) is 95.1 Å². The molecule has 0 atom stereocenters. The van der Waals surface area contributed by atoms with Gasteiger partial charge in [-0.1, -0.05) is 53.9 Å². The highest BCUT2D eigenvalue weighted by molar-refractivity contribution is 8.00. The van der Waals surface area contributed by atoms with Gasteiger partial charge in [0.15, 0.2) is 5.16 Å². The van der Waals surface area contributed by atoms with E-state index in [-0.39, 0.29) is 30.2 Å². The van der Waals surface area contributed by atoms with E-state index in [1.165, 1.54) is 0 Å². The number of anilines is 1. The predicted octanol–water partition coefficient (Wildman–Crippen LogP) is 3.50. The number of benzene rings is 2. The van der Waals surface area contributed by atoms with Crippen molar-refractivity contribution in [2.24, 2.45) is 0 Å². The summed E-state index contributed by atoms with van der Waals surface area (Å²) in [4.78, 5) is 33.5. The van der Waals surface area contributed by atoms with Crippen LogP contribution in [0.2, 0.25) is 0 Å². The number of amides is 1. The van der Waals surface area contributed by atoms with Gasteiger partial charge >= 0.3 is 0 Å². The predicted molar refractivity (Wildman–Crippen MR) is 117 cm³/mol. The number of hydrogen-bond donors (Lipinski definition) is 3. The van der Waals surface area contributed by atoms with Gasteiger partial charge in [0.05, 0.1) is 11.4 Å². The molecule has 150 valence electrons. The van der Waals surface area contributed by atoms with E-state index in [0.717, 1.165) is 27.2 Å². The third kappa shape index (κ3) is 5.96. The van der Waals surface area contributed by atoms with Crippen molar-refractivity contribution in [2.45, 2.75) is 28.3 Å². The van der Waals surface area contributed by atoms with Crippen molar-refractivity contribution in [1.82, 2.24) is 9.97 Å². The average Bonchev–Trinajstić information content (AvgIpc) is 2.71. The zero-order valence-corrected chi connectivity index (χ0v) is 17.5. The molecule has 0 saturated heterocycles. The molecule has 0 aliphatic heterocycles. The maximum Gasteiger partial charge on any atom is 0.255 e. The van der Waals surface area contributed by atoms with E-state index in [2.05, 4.69) is 15.3 Å². The number of nitrogens with zero attached hydrogens (tertiary/aromatic N) is 1. The molecule has 1 aromatic heterocycles. The number of carbonyl (C=O) groups is 1. The molecular weight excluding hydrogens is 406 g/mol. The molecule has 3 N–H and O–H groups in total. The first-order valence-electron chi connectivity index (χ1n) is 9.02. The molecule has 29 heavy (non-hydrogen) atoms. The van der Waals surface area contributed by atoms with E-state index in [9.17, 15) is 9.59 Å². The van der Waals surface area contributed by atoms with Crippen molar-refractivity contribution in [3.63, 3.8) is 0 Å². The standard InChI is InChI=1S/C21H21N3O3S2/c1-14-16(11-12-25)20(27)24-21(22-14)28-13-19(26)23-17-9-5-6-10-18(17)29-15-7-3-2-4-8-15/h2-10,25H,11-13H2,1H3,(H,23,26)(H,22,24,27). The number of aromatic amines is 1. The molecular formula is C21H21N3O3S2. The normalized spacial score (nSPS) is 10.7. The molecule has 0 saturated carbocycles. The van der Waals surface area contributed by atoms with E-state index in [1.54, 1.807) is 18.7 Å². The summed E-state index contributed by atoms with van der Waals surface area (Å²) in [6.07, 6.45) is 0.259. The maximum atomic E-state index is 12.4. The number of hydrogen-bond acceptors (Lipinski definition) is 6. The first-order chi connectivity index (χ1) is 14.1. The minimum Gasteiger partial charge on any atom is -0.396 e. The van der Waals surface area contributed by atoms with Crippen molar-refractivity contribution in [3.05, 3.63) is 76.2 Å². The van der Waals surface area contributed by atoms with Crippen LogP contribution in [0.5, 0.6) is 0 Å². The smallest absolute Gasteiger partial charge is 0.255 e. The number of H-pyrrole nitrogens is 1. The Morgan fingerprint density at radius 1 is 1.14 bits per heavy atom. The lowest BCUT2D eigenvalue weighted by Gasteiger charge is -2.11. The summed E-state index contributed by atoms with van der Waals surface area (Å²) in [5.74, 6) is -0.0673. The molecule has 0 aliphatic carbocycles. The van der Waals surface area contributed by atoms with Gasteiger partial charge < -0.3 is 15.4 Å². The third-order valence-corrected chi connectivity index (χ3v) is 5.99. The Morgan fingerprint density at radius 2 is 1.86 bits per heavy atom. The van der Waals surface area contributed by atoms with E-state index in [1.807, 2.05) is 54.6 Å². The van der Waals surface area contributed by atoms with Gasteiger partial charge in [-0.2, -0.15) is 0 Å². The second kappa shape index (κ2) is 10.3. The minimum atomic E-state index is -0.279. The second-order valence-corrected chi connectivity index (χ2v) is 8.24. The Balaban J connectivity index is 1.64. The second-order valence-electron chi connectivity index (χ2n) is 6.16. The van der Waals surface area contributed by atoms with Crippen LogP contribution >= 0.6 is 23.5 Å². The van der Waals surface area contributed by atoms with Gasteiger partial charge in [-0.3, -0.25) is 9.59 Å². The van der Waals surface area contributed by atoms with Gasteiger partial charge in [0.1, 0.15) is 0 Å². The number of aliphatic hydroxyl groups excluding tert-OH is 1. The van der Waals surface area contributed by atoms with Gasteiger partial charge in [-0.15, -0.1) is 0 Å². The van der Waals surface area contributed by atoms with Crippen LogP contribution in [0.1, 0.15) is 11.3 Å². The Labute approximate surface area is 177 Å². The highest BCUT2D eigenvalue weighted by Crippen LogP contribution is 2.33. The van der Waals surface area contributed by atoms with Crippen LogP contribution in [-0.4, -0.2) is 33.3 Å². The van der Waals surface area contributed by atoms with Crippen LogP contribution in [0.15, 0.2) is 74.3 Å². The van der Waals surface area contributed by atoms with Gasteiger partial charge in [-0.05, 0) is 31.2 Å². The number of nitrogens with one attached hydrogen (secondary N) is 2. The molecule has 6 nitrogen and oxygen atoms in total. The Bertz CT molecular complexity index is 1040. The largest absolute Gasteiger partial charge is 0.396 e. The summed E-state index contributed by atoms with van der Waals surface area (Å²) in [5, 5.41) is 12.3. The molecule has 0 bridgehead atoms. The molecule has 0 spiro atoms. The van der Waals surface area contributed by atoms with E-state index in [4.69, 9.17) is 5.11 Å². The van der Waals surface area contributed by atoms with Crippen molar-refractivity contribution in [3.8, 4) is 0 Å². The maximum absolute atomic E-state index is 12.4. The monoisotopic (exact) mass is 427 g/mol. The molecule has 1 heterocycles. The first kappa shape index (κ1) is 21.2. The molecule has 0 fully saturated rings. The van der Waals surface area contributed by atoms with Crippen LogP contribution in [0.4, 0.5) is 5.69 Å². The number of thioether (sulfide) groups is 1. The molecule has 0 unspecified atom stereocenters. The third-order valence-electron chi connectivity index (χ3n) is 4.03. The fourth-order valence-corrected chi connectivity index (χ4v) is 4.28. The molecule has 0 radical (unpaired) electrons. The van der Waals surface area contributed by atoms with Crippen LogP contribution < -0.4 is 10.9 Å². The van der Waals surface area contributed by atoms with Gasteiger partial charge in [0, 0.05) is 34.1 Å². The Hall–Kier alpha value is -2.55. The number of rotatable bonds is 8. The van der Waals surface area contributed by atoms with Crippen molar-refractivity contribution < 1.29 is 9.90 Å². The number of carbonyl (C=O) groups excluding carboxylic acids is 1. The molecule has 2 aromatic carbocycles. The van der Waals surface area contributed by atoms with Crippen LogP contribution in [0.3, 0.4) is 0 Å². The molecule has 0 aliphatic rings. The molecule has 3 aromatic rings. The van der Waals surface area contributed by atoms with Crippen LogP contribution in [0.25, 0.3) is 0 Å². The highest BCUT2D eigenvalue weighted by atomic mass is 32.2. The lowest BCUT2D eigenvalue weighted by atomic mass is 10.2. The molecule has 8 heteroatoms. The lowest BCUT2D eigenvalue weighted by Crippen LogP contribution is -2.19. The highest BCUT2D eigenvalue weighted by Gasteiger charge is 2.12. The number of aryl methyl sites for hydroxylation is 1. The summed E-state index contributed by atoms with van der Waals surface area (Å²) in [5.41, 5.74) is 1.49. The van der Waals surface area contributed by atoms with E-state index in [0.29, 0.717) is 16.4 Å². The van der Waals surface area contributed by atoms with Gasteiger partial charge in [0.2, 0.25) is 5.91 Å². The van der Waals surface area contributed by atoms with Crippen molar-refractivity contribution in [1.29, 1.82) is 0 Å². The number of para-hydroxylation sites is 1. The summed E-state index contributed by atoms with van der Waals surface area (Å²) in [6.45, 7) is 1.61. The summed E-state index contributed by atoms with van der Waals surface area (Å²) < 4.78 is 0. The summed E-state index contributed by atoms with van der Waals surface area (Å²) >= 11 is 2.74. The van der Waals surface area contributed by atoms with Crippen molar-refractivity contribution in [2.75, 3.05) is 17.7 Å². The Kier molecular flexibility index (Phi) is 7.51. The SMILES string of the molecule is Cc1nc(SCC(=O)Nc2ccccc2Sc2ccccc2)[nH]c(=O)c1CCO. The fraction of sp³-hybridized carbons (Fsp3) is 0.190. The number of aliphatic hydroxyl groups is 1. The molecule has 1 amide bonds. The van der Waals surface area contributed by atoms with E-state index < -0.39 is 0 Å². The Morgan fingerprint density at radius 3 is 2.59 bits per heavy atom. The lowest BCUT2D eigenvalue weighted by molar-refractivity contribution is -0.113. The first-order valence-corrected chi connectivity index (χ1v) is 10.8. The van der Waals surface area contributed by atoms with Gasteiger partial charge in [-0.25, -0.2) is 4.98 Å². The van der Waals surface area contributed by atoms with Crippen molar-refractivity contribution >= 4 is 35.1 Å². The van der Waals surface area contributed by atoms with Crippen LogP contribution in [-0.2, 0) is 11.2 Å². The summed E-state index contributed by atoms with van der Waals surface area (Å²) in [6, 6.07) is 17.6. The fourth-order valence-electron chi connectivity index (χ4n) is 2.65.